The summed E-state index contributed by atoms with van der Waals surface area (Å²) in [5.74, 6) is 0.713. The Hall–Kier alpha value is -1.06. The summed E-state index contributed by atoms with van der Waals surface area (Å²) in [5, 5.41) is 8.81. The minimum absolute atomic E-state index is 0.184. The van der Waals surface area contributed by atoms with Crippen molar-refractivity contribution < 1.29 is 9.52 Å². The van der Waals surface area contributed by atoms with Gasteiger partial charge in [0.1, 0.15) is 12.1 Å². The van der Waals surface area contributed by atoms with Crippen molar-refractivity contribution >= 4 is 22.7 Å². The second-order valence-corrected chi connectivity index (χ2v) is 2.93. The molecule has 0 aliphatic rings. The Morgan fingerprint density at radius 3 is 3.00 bits per heavy atom. The van der Waals surface area contributed by atoms with Gasteiger partial charge >= 0.3 is 0 Å². The van der Waals surface area contributed by atoms with Crippen LogP contribution in [0.2, 0.25) is 0 Å². The van der Waals surface area contributed by atoms with Crippen LogP contribution in [0.1, 0.15) is 11.5 Å². The van der Waals surface area contributed by atoms with Crippen molar-refractivity contribution in [2.75, 3.05) is 0 Å². The van der Waals surface area contributed by atoms with Gasteiger partial charge in [-0.2, -0.15) is 0 Å². The fraction of sp³-hybridized carbons (Fsp3) is 0.222. The number of alkyl halides is 1. The van der Waals surface area contributed by atoms with Crippen LogP contribution in [0.5, 0.6) is 0 Å². The molecule has 1 N–H and O–H groups in total. The number of aliphatic hydroxyl groups excluding tert-OH is 1. The number of rotatable bonds is 2. The lowest BCUT2D eigenvalue weighted by Crippen LogP contribution is -1.78. The van der Waals surface area contributed by atoms with Crippen LogP contribution in [-0.4, -0.2) is 10.1 Å². The molecule has 0 atom stereocenters. The minimum atomic E-state index is -0.184. The van der Waals surface area contributed by atoms with Gasteiger partial charge in [0.05, 0.1) is 5.88 Å². The summed E-state index contributed by atoms with van der Waals surface area (Å²) in [6.07, 6.45) is 0. The summed E-state index contributed by atoms with van der Waals surface area (Å²) < 4.78 is 5.29. The average Bonchev–Trinajstić information content (AvgIpc) is 2.59. The summed E-state index contributed by atoms with van der Waals surface area (Å²) in [6.45, 7) is -0.184. The average molecular weight is 198 g/mol. The van der Waals surface area contributed by atoms with Gasteiger partial charge in [-0.3, -0.25) is 0 Å². The highest BCUT2D eigenvalue weighted by Gasteiger charge is 2.07. The Bertz CT molecular complexity index is 424. The number of benzene rings is 1. The maximum Gasteiger partial charge on any atom is 0.221 e. The van der Waals surface area contributed by atoms with E-state index in [1.54, 1.807) is 0 Å². The van der Waals surface area contributed by atoms with Crippen LogP contribution < -0.4 is 0 Å². The van der Waals surface area contributed by atoms with Crippen LogP contribution in [0.25, 0.3) is 11.1 Å². The second kappa shape index (κ2) is 3.36. The van der Waals surface area contributed by atoms with Gasteiger partial charge in [-0.15, -0.1) is 11.6 Å². The van der Waals surface area contributed by atoms with Crippen molar-refractivity contribution in [3.05, 3.63) is 29.7 Å². The minimum Gasteiger partial charge on any atom is -0.438 e. The number of halogens is 1. The van der Waals surface area contributed by atoms with E-state index in [1.807, 2.05) is 18.2 Å². The van der Waals surface area contributed by atoms with Crippen molar-refractivity contribution in [2.45, 2.75) is 12.5 Å². The first kappa shape index (κ1) is 8.53. The largest absolute Gasteiger partial charge is 0.438 e. The van der Waals surface area contributed by atoms with E-state index in [2.05, 4.69) is 4.98 Å². The molecule has 2 rings (SSSR count). The van der Waals surface area contributed by atoms with E-state index in [0.717, 1.165) is 11.1 Å². The Kier molecular flexibility index (Phi) is 2.20. The van der Waals surface area contributed by atoms with Crippen LogP contribution in [0.4, 0.5) is 0 Å². The maximum absolute atomic E-state index is 8.81. The van der Waals surface area contributed by atoms with Crippen LogP contribution in [-0.2, 0) is 12.5 Å². The molecular weight excluding hydrogens is 190 g/mol. The predicted octanol–water partition coefficient (Wildman–Crippen LogP) is 2.06. The second-order valence-electron chi connectivity index (χ2n) is 2.66. The van der Waals surface area contributed by atoms with Gasteiger partial charge in [-0.25, -0.2) is 4.98 Å². The molecule has 0 saturated heterocycles. The molecule has 1 heterocycles. The first-order valence-electron chi connectivity index (χ1n) is 3.89. The van der Waals surface area contributed by atoms with Crippen molar-refractivity contribution in [3.8, 4) is 0 Å². The van der Waals surface area contributed by atoms with Crippen molar-refractivity contribution in [1.82, 2.24) is 4.98 Å². The van der Waals surface area contributed by atoms with Gasteiger partial charge in [-0.05, 0) is 6.07 Å². The number of aliphatic hydroxyl groups is 1. The summed E-state index contributed by atoms with van der Waals surface area (Å²) >= 11 is 5.71. The highest BCUT2D eigenvalue weighted by molar-refractivity contribution is 6.17. The van der Waals surface area contributed by atoms with E-state index in [4.69, 9.17) is 21.1 Å². The molecule has 0 unspecified atom stereocenters. The summed E-state index contributed by atoms with van der Waals surface area (Å²) in [4.78, 5) is 4.06. The summed E-state index contributed by atoms with van der Waals surface area (Å²) in [5.41, 5.74) is 2.30. The molecule has 0 aliphatic carbocycles. The molecule has 2 aromatic rings. The monoisotopic (exact) mass is 197 g/mol. The van der Waals surface area contributed by atoms with E-state index in [1.165, 1.54) is 0 Å². The Balaban J connectivity index is 2.67. The molecule has 0 spiro atoms. The van der Waals surface area contributed by atoms with Gasteiger partial charge in [0.15, 0.2) is 5.58 Å². The molecule has 0 fully saturated rings. The fourth-order valence-corrected chi connectivity index (χ4v) is 1.44. The molecule has 0 amide bonds. The van der Waals surface area contributed by atoms with Crippen molar-refractivity contribution in [3.63, 3.8) is 0 Å². The first-order valence-corrected chi connectivity index (χ1v) is 4.42. The molecule has 3 nitrogen and oxygen atoms in total. The Labute approximate surface area is 80.0 Å². The van der Waals surface area contributed by atoms with Gasteiger partial charge in [0.25, 0.3) is 0 Å². The number of hydrogen-bond acceptors (Lipinski definition) is 3. The standard InChI is InChI=1S/C9H8ClNO2/c10-4-6-2-1-3-7-9(6)13-8(5-12)11-7/h1-3,12H,4-5H2. The number of hydrogen-bond donors (Lipinski definition) is 1. The third kappa shape index (κ3) is 1.41. The zero-order valence-electron chi connectivity index (χ0n) is 6.83. The Morgan fingerprint density at radius 2 is 2.31 bits per heavy atom. The zero-order valence-corrected chi connectivity index (χ0v) is 7.58. The third-order valence-corrected chi connectivity index (χ3v) is 2.11. The molecule has 1 aromatic carbocycles. The third-order valence-electron chi connectivity index (χ3n) is 1.82. The van der Waals surface area contributed by atoms with E-state index in [9.17, 15) is 0 Å². The highest BCUT2D eigenvalue weighted by atomic mass is 35.5. The van der Waals surface area contributed by atoms with Gasteiger partial charge in [0.2, 0.25) is 5.89 Å². The van der Waals surface area contributed by atoms with E-state index >= 15 is 0 Å². The van der Waals surface area contributed by atoms with Crippen LogP contribution in [0.15, 0.2) is 22.6 Å². The first-order chi connectivity index (χ1) is 6.35. The molecule has 0 radical (unpaired) electrons. The molecular formula is C9H8ClNO2. The number of nitrogens with zero attached hydrogens (tertiary/aromatic N) is 1. The molecule has 68 valence electrons. The molecule has 0 bridgehead atoms. The molecule has 0 saturated carbocycles. The highest BCUT2D eigenvalue weighted by Crippen LogP contribution is 2.21. The zero-order chi connectivity index (χ0) is 9.26. The van der Waals surface area contributed by atoms with E-state index in [-0.39, 0.29) is 6.61 Å². The number of fused-ring (bicyclic) bond motifs is 1. The lowest BCUT2D eigenvalue weighted by molar-refractivity contribution is 0.244. The quantitative estimate of drug-likeness (QED) is 0.750. The number of para-hydroxylation sites is 1. The topological polar surface area (TPSA) is 46.3 Å². The van der Waals surface area contributed by atoms with E-state index in [0.29, 0.717) is 17.4 Å². The number of oxazole rings is 1. The normalized spacial score (nSPS) is 10.9. The molecule has 4 heteroatoms. The maximum atomic E-state index is 8.81. The fourth-order valence-electron chi connectivity index (χ4n) is 1.22. The summed E-state index contributed by atoms with van der Waals surface area (Å²) in [7, 11) is 0. The Morgan fingerprint density at radius 1 is 1.46 bits per heavy atom. The lowest BCUT2D eigenvalue weighted by atomic mass is 10.2. The van der Waals surface area contributed by atoms with Crippen molar-refractivity contribution in [1.29, 1.82) is 0 Å². The van der Waals surface area contributed by atoms with Crippen LogP contribution in [0, 0.1) is 0 Å². The van der Waals surface area contributed by atoms with Gasteiger partial charge < -0.3 is 9.52 Å². The summed E-state index contributed by atoms with van der Waals surface area (Å²) in [6, 6.07) is 5.57. The van der Waals surface area contributed by atoms with Crippen molar-refractivity contribution in [2.24, 2.45) is 0 Å². The molecule has 1 aromatic heterocycles. The number of aromatic nitrogens is 1. The smallest absolute Gasteiger partial charge is 0.221 e. The molecule has 13 heavy (non-hydrogen) atoms. The molecule has 0 aliphatic heterocycles. The van der Waals surface area contributed by atoms with Gasteiger partial charge in [-0.1, -0.05) is 12.1 Å². The lowest BCUT2D eigenvalue weighted by Gasteiger charge is -1.93. The predicted molar refractivity (Wildman–Crippen MR) is 49.5 cm³/mol. The van der Waals surface area contributed by atoms with E-state index < -0.39 is 0 Å². The van der Waals surface area contributed by atoms with Crippen LogP contribution >= 0.6 is 11.6 Å². The van der Waals surface area contributed by atoms with Crippen LogP contribution in [0.3, 0.4) is 0 Å². The SMILES string of the molecule is OCc1nc2cccc(CCl)c2o1. The van der Waals surface area contributed by atoms with Gasteiger partial charge in [0, 0.05) is 5.56 Å².